The van der Waals surface area contributed by atoms with Gasteiger partial charge in [0.05, 0.1) is 9.98 Å². The van der Waals surface area contributed by atoms with E-state index in [2.05, 4.69) is 26.0 Å². The first-order valence-electron chi connectivity index (χ1n) is 2.97. The number of rotatable bonds is 1. The molecule has 0 saturated carbocycles. The average molecular weight is 230 g/mol. The molecule has 0 saturated heterocycles. The lowest BCUT2D eigenvalue weighted by Crippen LogP contribution is -1.91. The maximum Gasteiger partial charge on any atom is 0.211 e. The Bertz CT molecular complexity index is 340. The van der Waals surface area contributed by atoms with Crippen LogP contribution >= 0.6 is 27.3 Å². The highest BCUT2D eigenvalue weighted by Gasteiger charge is 1.99. The molecule has 0 aromatic carbocycles. The van der Waals surface area contributed by atoms with Crippen molar-refractivity contribution in [3.63, 3.8) is 0 Å². The minimum Gasteiger partial charge on any atom is -0.226 e. The second kappa shape index (κ2) is 2.75. The minimum atomic E-state index is 0.877. The molecule has 0 bridgehead atoms. The smallest absolute Gasteiger partial charge is 0.211 e. The van der Waals surface area contributed by atoms with Crippen molar-refractivity contribution < 1.29 is 0 Å². The molecule has 0 N–H and O–H groups in total. The maximum absolute atomic E-state index is 4.13. The van der Waals surface area contributed by atoms with Gasteiger partial charge in [-0.2, -0.15) is 5.10 Å². The molecule has 0 aliphatic carbocycles. The molecule has 0 spiro atoms. The van der Waals surface area contributed by atoms with Crippen LogP contribution in [0, 0.1) is 0 Å². The fourth-order valence-electron chi connectivity index (χ4n) is 0.734. The second-order valence-corrected chi connectivity index (χ2v) is 4.29. The summed E-state index contributed by atoms with van der Waals surface area (Å²) in [4.78, 5) is 4.13. The Morgan fingerprint density at radius 1 is 1.55 bits per heavy atom. The highest BCUT2D eigenvalue weighted by Crippen LogP contribution is 2.21. The third-order valence-corrected chi connectivity index (χ3v) is 2.63. The Labute approximate surface area is 75.8 Å². The predicted molar refractivity (Wildman–Crippen MR) is 46.9 cm³/mol. The normalized spacial score (nSPS) is 10.3. The molecule has 2 aromatic heterocycles. The van der Waals surface area contributed by atoms with Gasteiger partial charge < -0.3 is 0 Å². The van der Waals surface area contributed by atoms with E-state index in [0.717, 1.165) is 8.92 Å². The highest BCUT2D eigenvalue weighted by molar-refractivity contribution is 9.11. The lowest BCUT2D eigenvalue weighted by molar-refractivity contribution is 0.869. The Hall–Kier alpha value is -0.680. The van der Waals surface area contributed by atoms with E-state index < -0.39 is 0 Å². The quantitative estimate of drug-likeness (QED) is 0.750. The van der Waals surface area contributed by atoms with Crippen molar-refractivity contribution in [3.05, 3.63) is 28.4 Å². The van der Waals surface area contributed by atoms with Crippen molar-refractivity contribution in [1.29, 1.82) is 0 Å². The topological polar surface area (TPSA) is 30.7 Å². The first-order chi connectivity index (χ1) is 5.36. The van der Waals surface area contributed by atoms with Gasteiger partial charge in [-0.1, -0.05) is 11.3 Å². The maximum atomic E-state index is 4.13. The van der Waals surface area contributed by atoms with Crippen molar-refractivity contribution in [3.8, 4) is 5.13 Å². The fourth-order valence-corrected chi connectivity index (χ4v) is 1.86. The number of thiazole rings is 1. The van der Waals surface area contributed by atoms with Gasteiger partial charge in [-0.05, 0) is 22.0 Å². The Balaban J connectivity index is 2.45. The van der Waals surface area contributed by atoms with E-state index in [4.69, 9.17) is 0 Å². The first-order valence-corrected chi connectivity index (χ1v) is 4.58. The summed E-state index contributed by atoms with van der Waals surface area (Å²) in [5, 5.41) is 4.92. The van der Waals surface area contributed by atoms with Crippen molar-refractivity contribution >= 4 is 27.3 Å². The Morgan fingerprint density at radius 2 is 2.45 bits per heavy atom. The van der Waals surface area contributed by atoms with Gasteiger partial charge >= 0.3 is 0 Å². The van der Waals surface area contributed by atoms with Crippen molar-refractivity contribution in [2.24, 2.45) is 0 Å². The second-order valence-electron chi connectivity index (χ2n) is 1.90. The van der Waals surface area contributed by atoms with E-state index in [-0.39, 0.29) is 0 Å². The monoisotopic (exact) mass is 229 g/mol. The van der Waals surface area contributed by atoms with Crippen molar-refractivity contribution in [1.82, 2.24) is 14.8 Å². The molecule has 56 valence electrons. The largest absolute Gasteiger partial charge is 0.226 e. The molecule has 0 atom stereocenters. The van der Waals surface area contributed by atoms with E-state index in [1.165, 1.54) is 0 Å². The lowest BCUT2D eigenvalue weighted by Gasteiger charge is -1.89. The number of halogens is 1. The summed E-state index contributed by atoms with van der Waals surface area (Å²) in [7, 11) is 0. The van der Waals surface area contributed by atoms with Gasteiger partial charge in [0.25, 0.3) is 0 Å². The van der Waals surface area contributed by atoms with Gasteiger partial charge in [0, 0.05) is 12.4 Å². The molecule has 2 heterocycles. The zero-order valence-corrected chi connectivity index (χ0v) is 7.84. The van der Waals surface area contributed by atoms with E-state index in [1.807, 2.05) is 12.3 Å². The molecule has 3 nitrogen and oxygen atoms in total. The summed E-state index contributed by atoms with van der Waals surface area (Å²) in [5.41, 5.74) is 0. The van der Waals surface area contributed by atoms with Crippen LogP contribution in [0.25, 0.3) is 5.13 Å². The Kier molecular flexibility index (Phi) is 1.75. The molecule has 0 fully saturated rings. The summed E-state index contributed by atoms with van der Waals surface area (Å²) in [5.74, 6) is 0. The molecule has 0 radical (unpaired) electrons. The summed E-state index contributed by atoms with van der Waals surface area (Å²) in [6.45, 7) is 0. The zero-order chi connectivity index (χ0) is 7.68. The molecule has 2 aromatic rings. The molecule has 0 amide bonds. The van der Waals surface area contributed by atoms with Gasteiger partial charge in [0.2, 0.25) is 5.13 Å². The highest BCUT2D eigenvalue weighted by atomic mass is 79.9. The third kappa shape index (κ3) is 1.34. The zero-order valence-electron chi connectivity index (χ0n) is 5.44. The summed E-state index contributed by atoms with van der Waals surface area (Å²) in [6.07, 6.45) is 5.36. The lowest BCUT2D eigenvalue weighted by atomic mass is 10.8. The standard InChI is InChI=1S/C6H4BrN3S/c7-5-4-8-6(11-5)10-3-1-2-9-10/h1-4H. The van der Waals surface area contributed by atoms with Crippen LogP contribution in [0.4, 0.5) is 0 Å². The van der Waals surface area contributed by atoms with Crippen molar-refractivity contribution in [2.45, 2.75) is 0 Å². The van der Waals surface area contributed by atoms with Gasteiger partial charge in [-0.25, -0.2) is 9.67 Å². The van der Waals surface area contributed by atoms with Crippen LogP contribution in [-0.4, -0.2) is 14.8 Å². The fraction of sp³-hybridized carbons (Fsp3) is 0. The SMILES string of the molecule is Brc1cnc(-n2cccn2)s1. The van der Waals surface area contributed by atoms with Crippen LogP contribution in [0.15, 0.2) is 28.4 Å². The summed E-state index contributed by atoms with van der Waals surface area (Å²) in [6, 6.07) is 1.87. The third-order valence-electron chi connectivity index (χ3n) is 1.17. The van der Waals surface area contributed by atoms with Crippen LogP contribution in [0.1, 0.15) is 0 Å². The minimum absolute atomic E-state index is 0.877. The van der Waals surface area contributed by atoms with Crippen LogP contribution < -0.4 is 0 Å². The average Bonchev–Trinajstić information content (AvgIpc) is 2.55. The van der Waals surface area contributed by atoms with Crippen molar-refractivity contribution in [2.75, 3.05) is 0 Å². The summed E-state index contributed by atoms with van der Waals surface area (Å²) < 4.78 is 2.75. The number of nitrogens with zero attached hydrogens (tertiary/aromatic N) is 3. The summed E-state index contributed by atoms with van der Waals surface area (Å²) >= 11 is 4.88. The van der Waals surface area contributed by atoms with Crippen LogP contribution in [-0.2, 0) is 0 Å². The molecule has 2 rings (SSSR count). The molecule has 0 aliphatic heterocycles. The molecule has 0 unspecified atom stereocenters. The van der Waals surface area contributed by atoms with Crippen LogP contribution in [0.3, 0.4) is 0 Å². The van der Waals surface area contributed by atoms with E-state index in [1.54, 1.807) is 28.4 Å². The molecule has 0 aliphatic rings. The molecule has 11 heavy (non-hydrogen) atoms. The number of hydrogen-bond acceptors (Lipinski definition) is 3. The van der Waals surface area contributed by atoms with Gasteiger partial charge in [0.15, 0.2) is 0 Å². The van der Waals surface area contributed by atoms with Crippen LogP contribution in [0.2, 0.25) is 0 Å². The Morgan fingerprint density at radius 3 is 3.00 bits per heavy atom. The predicted octanol–water partition coefficient (Wildman–Crippen LogP) is 2.09. The number of aromatic nitrogens is 3. The van der Waals surface area contributed by atoms with E-state index in [0.29, 0.717) is 0 Å². The van der Waals surface area contributed by atoms with Gasteiger partial charge in [-0.3, -0.25) is 0 Å². The first kappa shape index (κ1) is 7.00. The molecule has 5 heteroatoms. The van der Waals surface area contributed by atoms with E-state index >= 15 is 0 Å². The van der Waals surface area contributed by atoms with Gasteiger partial charge in [-0.15, -0.1) is 0 Å². The number of hydrogen-bond donors (Lipinski definition) is 0. The van der Waals surface area contributed by atoms with Gasteiger partial charge in [0.1, 0.15) is 0 Å². The molecular formula is C6H4BrN3S. The van der Waals surface area contributed by atoms with Crippen LogP contribution in [0.5, 0.6) is 0 Å². The molecular weight excluding hydrogens is 226 g/mol. The van der Waals surface area contributed by atoms with E-state index in [9.17, 15) is 0 Å².